The van der Waals surface area contributed by atoms with E-state index in [2.05, 4.69) is 5.32 Å². The molecule has 2 N–H and O–H groups in total. The SMILES string of the molecule is CN(C[C@H]1CCCO1)C(=O)NC1CCC(C(=O)O)CC1. The minimum atomic E-state index is -0.717. The highest BCUT2D eigenvalue weighted by Crippen LogP contribution is 2.24. The molecule has 0 aromatic heterocycles. The highest BCUT2D eigenvalue weighted by molar-refractivity contribution is 5.74. The van der Waals surface area contributed by atoms with Crippen LogP contribution < -0.4 is 5.32 Å². The van der Waals surface area contributed by atoms with Crippen molar-refractivity contribution in [1.29, 1.82) is 0 Å². The summed E-state index contributed by atoms with van der Waals surface area (Å²) in [5, 5.41) is 11.9. The molecule has 1 aliphatic heterocycles. The van der Waals surface area contributed by atoms with Gasteiger partial charge in [-0.1, -0.05) is 0 Å². The maximum Gasteiger partial charge on any atom is 0.317 e. The summed E-state index contributed by atoms with van der Waals surface area (Å²) in [4.78, 5) is 24.6. The average molecular weight is 284 g/mol. The normalized spacial score (nSPS) is 29.9. The van der Waals surface area contributed by atoms with E-state index in [1.165, 1.54) is 0 Å². The molecule has 20 heavy (non-hydrogen) atoms. The van der Waals surface area contributed by atoms with Gasteiger partial charge in [-0.2, -0.15) is 0 Å². The van der Waals surface area contributed by atoms with Gasteiger partial charge >= 0.3 is 12.0 Å². The van der Waals surface area contributed by atoms with Crippen LogP contribution in [0.2, 0.25) is 0 Å². The lowest BCUT2D eigenvalue weighted by Crippen LogP contribution is -2.46. The molecule has 2 fully saturated rings. The van der Waals surface area contributed by atoms with Crippen molar-refractivity contribution in [3.05, 3.63) is 0 Å². The lowest BCUT2D eigenvalue weighted by molar-refractivity contribution is -0.142. The van der Waals surface area contributed by atoms with Gasteiger partial charge in [0, 0.05) is 26.2 Å². The summed E-state index contributed by atoms with van der Waals surface area (Å²) in [6.45, 7) is 1.41. The molecule has 0 bridgehead atoms. The van der Waals surface area contributed by atoms with Crippen LogP contribution in [0.4, 0.5) is 4.79 Å². The Labute approximate surface area is 119 Å². The van der Waals surface area contributed by atoms with E-state index in [4.69, 9.17) is 9.84 Å². The number of hydrogen-bond acceptors (Lipinski definition) is 3. The van der Waals surface area contributed by atoms with E-state index >= 15 is 0 Å². The van der Waals surface area contributed by atoms with Crippen LogP contribution in [-0.4, -0.2) is 54.4 Å². The summed E-state index contributed by atoms with van der Waals surface area (Å²) >= 11 is 0. The Bertz CT molecular complexity index is 347. The number of aliphatic carboxylic acids is 1. The predicted molar refractivity (Wildman–Crippen MR) is 73.5 cm³/mol. The first-order chi connectivity index (χ1) is 9.56. The van der Waals surface area contributed by atoms with E-state index in [0.717, 1.165) is 32.3 Å². The van der Waals surface area contributed by atoms with Crippen LogP contribution in [0.5, 0.6) is 0 Å². The number of ether oxygens (including phenoxy) is 1. The van der Waals surface area contributed by atoms with Crippen molar-refractivity contribution in [2.75, 3.05) is 20.2 Å². The average Bonchev–Trinajstić information content (AvgIpc) is 2.92. The number of urea groups is 1. The fourth-order valence-electron chi connectivity index (χ4n) is 2.95. The molecule has 1 atom stereocenters. The van der Waals surface area contributed by atoms with Crippen LogP contribution in [0.15, 0.2) is 0 Å². The molecule has 0 unspecified atom stereocenters. The Balaban J connectivity index is 1.70. The van der Waals surface area contributed by atoms with Gasteiger partial charge in [-0.3, -0.25) is 4.79 Å². The topological polar surface area (TPSA) is 78.9 Å². The summed E-state index contributed by atoms with van der Waals surface area (Å²) in [5.74, 6) is -0.960. The van der Waals surface area contributed by atoms with E-state index in [1.807, 2.05) is 0 Å². The molecule has 6 heteroatoms. The van der Waals surface area contributed by atoms with Gasteiger partial charge in [-0.05, 0) is 38.5 Å². The second kappa shape index (κ2) is 6.92. The number of carboxylic acid groups (broad SMARTS) is 1. The first-order valence-electron chi connectivity index (χ1n) is 7.42. The maximum atomic E-state index is 12.1. The van der Waals surface area contributed by atoms with Gasteiger partial charge in [-0.15, -0.1) is 0 Å². The minimum Gasteiger partial charge on any atom is -0.481 e. The Kier molecular flexibility index (Phi) is 5.23. The standard InChI is InChI=1S/C14H24N2O4/c1-16(9-12-3-2-8-20-12)14(19)15-11-6-4-10(5-7-11)13(17)18/h10-12H,2-9H2,1H3,(H,15,19)(H,17,18)/t10?,11?,12-/m1/s1. The lowest BCUT2D eigenvalue weighted by atomic mass is 9.86. The van der Waals surface area contributed by atoms with Crippen LogP contribution in [-0.2, 0) is 9.53 Å². The zero-order valence-electron chi connectivity index (χ0n) is 12.0. The summed E-state index contributed by atoms with van der Waals surface area (Å²) in [5.41, 5.74) is 0. The highest BCUT2D eigenvalue weighted by Gasteiger charge is 2.28. The van der Waals surface area contributed by atoms with Crippen LogP contribution in [0.25, 0.3) is 0 Å². The van der Waals surface area contributed by atoms with Gasteiger partial charge in [-0.25, -0.2) is 4.79 Å². The second-order valence-electron chi connectivity index (χ2n) is 5.85. The van der Waals surface area contributed by atoms with Gasteiger partial charge < -0.3 is 20.1 Å². The summed E-state index contributed by atoms with van der Waals surface area (Å²) in [6, 6.07) is 0.0179. The molecule has 0 spiro atoms. The van der Waals surface area contributed by atoms with E-state index < -0.39 is 5.97 Å². The Morgan fingerprint density at radius 1 is 1.25 bits per heavy atom. The van der Waals surface area contributed by atoms with E-state index in [1.54, 1.807) is 11.9 Å². The number of carbonyl (C=O) groups excluding carboxylic acids is 1. The number of carbonyl (C=O) groups is 2. The van der Waals surface area contributed by atoms with E-state index in [-0.39, 0.29) is 24.1 Å². The van der Waals surface area contributed by atoms with Crippen molar-refractivity contribution in [3.8, 4) is 0 Å². The van der Waals surface area contributed by atoms with Crippen molar-refractivity contribution in [3.63, 3.8) is 0 Å². The van der Waals surface area contributed by atoms with E-state index in [0.29, 0.717) is 19.4 Å². The third kappa shape index (κ3) is 4.10. The molecule has 2 aliphatic rings. The zero-order chi connectivity index (χ0) is 14.5. The fourth-order valence-corrected chi connectivity index (χ4v) is 2.95. The number of hydrogen-bond donors (Lipinski definition) is 2. The molecule has 6 nitrogen and oxygen atoms in total. The number of amides is 2. The molecular formula is C14H24N2O4. The van der Waals surface area contributed by atoms with Crippen molar-refractivity contribution >= 4 is 12.0 Å². The van der Waals surface area contributed by atoms with Crippen LogP contribution in [0.1, 0.15) is 38.5 Å². The zero-order valence-corrected chi connectivity index (χ0v) is 12.0. The number of nitrogens with zero attached hydrogens (tertiary/aromatic N) is 1. The monoisotopic (exact) mass is 284 g/mol. The van der Waals surface area contributed by atoms with Gasteiger partial charge in [0.2, 0.25) is 0 Å². The smallest absolute Gasteiger partial charge is 0.317 e. The van der Waals surface area contributed by atoms with Crippen molar-refractivity contribution in [1.82, 2.24) is 10.2 Å². The van der Waals surface area contributed by atoms with Crippen LogP contribution in [0, 0.1) is 5.92 Å². The minimum absolute atomic E-state index is 0.0840. The third-order valence-electron chi connectivity index (χ3n) is 4.25. The van der Waals surface area contributed by atoms with Crippen molar-refractivity contribution < 1.29 is 19.4 Å². The molecule has 0 aromatic carbocycles. The second-order valence-corrected chi connectivity index (χ2v) is 5.85. The molecule has 2 rings (SSSR count). The first kappa shape index (κ1) is 15.1. The molecule has 0 radical (unpaired) electrons. The summed E-state index contributed by atoms with van der Waals surface area (Å²) < 4.78 is 5.52. The molecule has 0 aromatic rings. The summed E-state index contributed by atoms with van der Waals surface area (Å²) in [6.07, 6.45) is 5.03. The third-order valence-corrected chi connectivity index (χ3v) is 4.25. The molecular weight excluding hydrogens is 260 g/mol. The molecule has 1 heterocycles. The molecule has 114 valence electrons. The number of likely N-dealkylation sites (N-methyl/N-ethyl adjacent to an activating group) is 1. The number of nitrogens with one attached hydrogen (secondary N) is 1. The molecule has 1 saturated carbocycles. The van der Waals surface area contributed by atoms with Crippen LogP contribution in [0.3, 0.4) is 0 Å². The molecule has 1 aliphatic carbocycles. The molecule has 2 amide bonds. The van der Waals surface area contributed by atoms with E-state index in [9.17, 15) is 9.59 Å². The maximum absolute atomic E-state index is 12.1. The van der Waals surface area contributed by atoms with Gasteiger partial charge in [0.15, 0.2) is 0 Å². The highest BCUT2D eigenvalue weighted by atomic mass is 16.5. The summed E-state index contributed by atoms with van der Waals surface area (Å²) in [7, 11) is 1.78. The fraction of sp³-hybridized carbons (Fsp3) is 0.857. The van der Waals surface area contributed by atoms with Crippen LogP contribution >= 0.6 is 0 Å². The number of rotatable bonds is 4. The Hall–Kier alpha value is -1.30. The van der Waals surface area contributed by atoms with Gasteiger partial charge in [0.1, 0.15) is 0 Å². The van der Waals surface area contributed by atoms with Gasteiger partial charge in [0.05, 0.1) is 12.0 Å². The molecule has 1 saturated heterocycles. The Morgan fingerprint density at radius 3 is 2.50 bits per heavy atom. The first-order valence-corrected chi connectivity index (χ1v) is 7.42. The Morgan fingerprint density at radius 2 is 1.95 bits per heavy atom. The quantitative estimate of drug-likeness (QED) is 0.819. The number of carboxylic acids is 1. The predicted octanol–water partition coefficient (Wildman–Crippen LogP) is 1.45. The lowest BCUT2D eigenvalue weighted by Gasteiger charge is -2.29. The largest absolute Gasteiger partial charge is 0.481 e. The van der Waals surface area contributed by atoms with Crippen molar-refractivity contribution in [2.24, 2.45) is 5.92 Å². The van der Waals surface area contributed by atoms with Crippen molar-refractivity contribution in [2.45, 2.75) is 50.7 Å². The van der Waals surface area contributed by atoms with Gasteiger partial charge in [0.25, 0.3) is 0 Å².